The van der Waals surface area contributed by atoms with Gasteiger partial charge in [0.05, 0.1) is 5.69 Å². The Kier molecular flexibility index (Phi) is 4.17. The van der Waals surface area contributed by atoms with Gasteiger partial charge in [-0.3, -0.25) is 9.69 Å². The summed E-state index contributed by atoms with van der Waals surface area (Å²) in [6.45, 7) is 5.32. The molecule has 0 bridgehead atoms. The van der Waals surface area contributed by atoms with Crippen LogP contribution in [0.3, 0.4) is 0 Å². The summed E-state index contributed by atoms with van der Waals surface area (Å²) < 4.78 is 0. The lowest BCUT2D eigenvalue weighted by Gasteiger charge is -2.23. The summed E-state index contributed by atoms with van der Waals surface area (Å²) >= 11 is 1.64. The van der Waals surface area contributed by atoms with Crippen molar-refractivity contribution in [1.29, 1.82) is 0 Å². The van der Waals surface area contributed by atoms with Crippen molar-refractivity contribution in [3.05, 3.63) is 22.7 Å². The van der Waals surface area contributed by atoms with E-state index in [1.807, 2.05) is 0 Å². The van der Waals surface area contributed by atoms with Gasteiger partial charge < -0.3 is 5.32 Å². The molecular formula is C15H21N3OS. The molecule has 2 heterocycles. The molecule has 1 aromatic rings. The second-order valence-corrected chi connectivity index (χ2v) is 6.56. The topological polar surface area (TPSA) is 45.2 Å². The number of nitrogens with zero attached hydrogens (tertiary/aromatic N) is 2. The fourth-order valence-electron chi connectivity index (χ4n) is 2.81. The van der Waals surface area contributed by atoms with Gasteiger partial charge >= 0.3 is 0 Å². The smallest absolute Gasteiger partial charge is 0.229 e. The van der Waals surface area contributed by atoms with Gasteiger partial charge in [0.2, 0.25) is 5.91 Å². The van der Waals surface area contributed by atoms with E-state index in [0.717, 1.165) is 50.4 Å². The van der Waals surface area contributed by atoms with Crippen LogP contribution in [0.1, 0.15) is 36.8 Å². The van der Waals surface area contributed by atoms with E-state index in [9.17, 15) is 4.79 Å². The minimum Gasteiger partial charge on any atom is -0.302 e. The summed E-state index contributed by atoms with van der Waals surface area (Å²) in [4.78, 5) is 20.5. The number of anilines is 1. The van der Waals surface area contributed by atoms with Crippen LogP contribution in [0.2, 0.25) is 0 Å². The lowest BCUT2D eigenvalue weighted by Crippen LogP contribution is -2.29. The van der Waals surface area contributed by atoms with Crippen LogP contribution in [0, 0.1) is 5.92 Å². The SMILES string of the molecule is CCN1CCc2nc(NC(=O)[C@H]3CC=CCC3)sc2C1. The second kappa shape index (κ2) is 6.06. The van der Waals surface area contributed by atoms with Crippen molar-refractivity contribution in [2.75, 3.05) is 18.4 Å². The lowest BCUT2D eigenvalue weighted by molar-refractivity contribution is -0.120. The van der Waals surface area contributed by atoms with Gasteiger partial charge in [-0.2, -0.15) is 0 Å². The Morgan fingerprint density at radius 3 is 3.20 bits per heavy atom. The Hall–Kier alpha value is -1.20. The maximum Gasteiger partial charge on any atom is 0.229 e. The molecule has 1 amide bonds. The predicted octanol–water partition coefficient (Wildman–Crippen LogP) is 2.82. The summed E-state index contributed by atoms with van der Waals surface area (Å²) in [7, 11) is 0. The first kappa shape index (κ1) is 13.8. The number of carbonyl (C=O) groups is 1. The molecule has 2 aliphatic rings. The molecule has 1 aromatic heterocycles. The van der Waals surface area contributed by atoms with Crippen LogP contribution in [0.25, 0.3) is 0 Å². The number of hydrogen-bond acceptors (Lipinski definition) is 4. The number of amides is 1. The number of allylic oxidation sites excluding steroid dienone is 2. The Bertz CT molecular complexity index is 523. The number of fused-ring (bicyclic) bond motifs is 1. The summed E-state index contributed by atoms with van der Waals surface area (Å²) in [5.74, 6) is 0.251. The molecule has 1 atom stereocenters. The van der Waals surface area contributed by atoms with Crippen molar-refractivity contribution in [2.24, 2.45) is 5.92 Å². The summed E-state index contributed by atoms with van der Waals surface area (Å²) in [6, 6.07) is 0. The van der Waals surface area contributed by atoms with Crippen molar-refractivity contribution in [1.82, 2.24) is 9.88 Å². The Morgan fingerprint density at radius 1 is 1.55 bits per heavy atom. The molecule has 0 saturated carbocycles. The first-order valence-electron chi connectivity index (χ1n) is 7.43. The minimum atomic E-state index is 0.119. The first-order chi connectivity index (χ1) is 9.76. The van der Waals surface area contributed by atoms with Crippen molar-refractivity contribution in [3.8, 4) is 0 Å². The van der Waals surface area contributed by atoms with Crippen molar-refractivity contribution in [3.63, 3.8) is 0 Å². The van der Waals surface area contributed by atoms with Gasteiger partial charge in [0, 0.05) is 30.3 Å². The number of carbonyl (C=O) groups excluding carboxylic acids is 1. The van der Waals surface area contributed by atoms with Gasteiger partial charge in [-0.15, -0.1) is 11.3 Å². The summed E-state index contributed by atoms with van der Waals surface area (Å²) in [6.07, 6.45) is 8.10. The molecule has 20 heavy (non-hydrogen) atoms. The van der Waals surface area contributed by atoms with Crippen molar-refractivity contribution < 1.29 is 4.79 Å². The van der Waals surface area contributed by atoms with Crippen LogP contribution in [0.5, 0.6) is 0 Å². The molecule has 0 saturated heterocycles. The van der Waals surface area contributed by atoms with E-state index in [4.69, 9.17) is 0 Å². The fourth-order valence-corrected chi connectivity index (χ4v) is 3.86. The number of nitrogens with one attached hydrogen (secondary N) is 1. The van der Waals surface area contributed by atoms with E-state index in [2.05, 4.69) is 34.3 Å². The molecule has 0 unspecified atom stereocenters. The van der Waals surface area contributed by atoms with Gasteiger partial charge in [-0.05, 0) is 25.8 Å². The quantitative estimate of drug-likeness (QED) is 0.871. The maximum absolute atomic E-state index is 12.2. The number of hydrogen-bond donors (Lipinski definition) is 1. The zero-order valence-electron chi connectivity index (χ0n) is 11.9. The van der Waals surface area contributed by atoms with Crippen molar-refractivity contribution >= 4 is 22.4 Å². The van der Waals surface area contributed by atoms with Crippen LogP contribution in [0.4, 0.5) is 5.13 Å². The van der Waals surface area contributed by atoms with Crippen LogP contribution in [-0.4, -0.2) is 28.9 Å². The molecule has 1 aliphatic heterocycles. The highest BCUT2D eigenvalue weighted by Crippen LogP contribution is 2.29. The number of aromatic nitrogens is 1. The second-order valence-electron chi connectivity index (χ2n) is 5.48. The highest BCUT2D eigenvalue weighted by Gasteiger charge is 2.23. The maximum atomic E-state index is 12.2. The highest BCUT2D eigenvalue weighted by molar-refractivity contribution is 7.15. The number of rotatable bonds is 3. The normalized spacial score (nSPS) is 22.6. The Balaban J connectivity index is 1.65. The van der Waals surface area contributed by atoms with E-state index >= 15 is 0 Å². The third-order valence-corrected chi connectivity index (χ3v) is 5.13. The van der Waals surface area contributed by atoms with Gasteiger partial charge in [0.1, 0.15) is 0 Å². The number of thiazole rings is 1. The Morgan fingerprint density at radius 2 is 2.45 bits per heavy atom. The van der Waals surface area contributed by atoms with Crippen LogP contribution in [-0.2, 0) is 17.8 Å². The number of likely N-dealkylation sites (N-methyl/N-ethyl adjacent to an activating group) is 1. The average molecular weight is 291 g/mol. The van der Waals surface area contributed by atoms with Crippen LogP contribution < -0.4 is 5.32 Å². The lowest BCUT2D eigenvalue weighted by atomic mass is 9.94. The zero-order valence-corrected chi connectivity index (χ0v) is 12.7. The molecule has 5 heteroatoms. The van der Waals surface area contributed by atoms with Crippen LogP contribution >= 0.6 is 11.3 Å². The van der Waals surface area contributed by atoms with E-state index < -0.39 is 0 Å². The van der Waals surface area contributed by atoms with E-state index in [-0.39, 0.29) is 11.8 Å². The Labute approximate surface area is 123 Å². The molecular weight excluding hydrogens is 270 g/mol. The molecule has 0 fully saturated rings. The van der Waals surface area contributed by atoms with Crippen LogP contribution in [0.15, 0.2) is 12.2 Å². The van der Waals surface area contributed by atoms with Gasteiger partial charge in [-0.1, -0.05) is 19.1 Å². The molecule has 1 N–H and O–H groups in total. The van der Waals surface area contributed by atoms with Gasteiger partial charge in [0.15, 0.2) is 5.13 Å². The fraction of sp³-hybridized carbons (Fsp3) is 0.600. The molecule has 0 spiro atoms. The van der Waals surface area contributed by atoms with Gasteiger partial charge in [0.25, 0.3) is 0 Å². The van der Waals surface area contributed by atoms with E-state index in [1.165, 1.54) is 10.6 Å². The highest BCUT2D eigenvalue weighted by atomic mass is 32.1. The van der Waals surface area contributed by atoms with Gasteiger partial charge in [-0.25, -0.2) is 4.98 Å². The molecule has 4 nitrogen and oxygen atoms in total. The standard InChI is InChI=1S/C15H21N3OS/c1-2-18-9-8-12-13(10-18)20-15(16-12)17-14(19)11-6-4-3-5-7-11/h3-4,11H,2,5-10H2,1H3,(H,16,17,19)/t11-/m0/s1. The molecule has 0 radical (unpaired) electrons. The summed E-state index contributed by atoms with van der Waals surface area (Å²) in [5.41, 5.74) is 1.18. The predicted molar refractivity (Wildman–Crippen MR) is 81.9 cm³/mol. The molecule has 108 valence electrons. The average Bonchev–Trinajstić information content (AvgIpc) is 2.89. The monoisotopic (exact) mass is 291 g/mol. The van der Waals surface area contributed by atoms with E-state index in [1.54, 1.807) is 11.3 Å². The van der Waals surface area contributed by atoms with E-state index in [0.29, 0.717) is 0 Å². The molecule has 0 aromatic carbocycles. The third-order valence-electron chi connectivity index (χ3n) is 4.13. The first-order valence-corrected chi connectivity index (χ1v) is 8.24. The molecule has 1 aliphatic carbocycles. The molecule has 3 rings (SSSR count). The zero-order chi connectivity index (χ0) is 13.9. The minimum absolute atomic E-state index is 0.119. The third kappa shape index (κ3) is 2.94. The van der Waals surface area contributed by atoms with Crippen molar-refractivity contribution in [2.45, 2.75) is 39.2 Å². The summed E-state index contributed by atoms with van der Waals surface area (Å²) in [5, 5.41) is 3.80. The largest absolute Gasteiger partial charge is 0.302 e.